The van der Waals surface area contributed by atoms with Gasteiger partial charge in [-0.25, -0.2) is 9.50 Å². The van der Waals surface area contributed by atoms with Gasteiger partial charge >= 0.3 is 0 Å². The van der Waals surface area contributed by atoms with E-state index >= 15 is 0 Å². The SMILES string of the molecule is ClCc1ncoc1-c1cnn2ccccc12. The van der Waals surface area contributed by atoms with Crippen molar-refractivity contribution in [3.8, 4) is 11.3 Å². The minimum Gasteiger partial charge on any atom is -0.443 e. The van der Waals surface area contributed by atoms with Crippen LogP contribution in [0.5, 0.6) is 0 Å². The Morgan fingerprint density at radius 1 is 1.38 bits per heavy atom. The van der Waals surface area contributed by atoms with Gasteiger partial charge in [-0.1, -0.05) is 6.07 Å². The first-order valence-corrected chi connectivity index (χ1v) is 5.34. The van der Waals surface area contributed by atoms with Gasteiger partial charge in [0.25, 0.3) is 0 Å². The van der Waals surface area contributed by atoms with Gasteiger partial charge in [0, 0.05) is 6.20 Å². The van der Waals surface area contributed by atoms with Crippen LogP contribution in [-0.4, -0.2) is 14.6 Å². The summed E-state index contributed by atoms with van der Waals surface area (Å²) in [5.74, 6) is 1.02. The molecule has 0 atom stereocenters. The van der Waals surface area contributed by atoms with E-state index in [0.29, 0.717) is 11.6 Å². The van der Waals surface area contributed by atoms with Gasteiger partial charge in [-0.3, -0.25) is 0 Å². The van der Waals surface area contributed by atoms with Crippen LogP contribution in [0.15, 0.2) is 41.4 Å². The summed E-state index contributed by atoms with van der Waals surface area (Å²) in [6.07, 6.45) is 5.04. The number of aromatic nitrogens is 3. The van der Waals surface area contributed by atoms with E-state index in [1.165, 1.54) is 6.39 Å². The molecule has 0 bridgehead atoms. The molecule has 0 amide bonds. The summed E-state index contributed by atoms with van der Waals surface area (Å²) in [6.45, 7) is 0. The summed E-state index contributed by atoms with van der Waals surface area (Å²) in [4.78, 5) is 4.06. The molecular formula is C11H8ClN3O. The maximum atomic E-state index is 5.79. The van der Waals surface area contributed by atoms with Crippen LogP contribution in [-0.2, 0) is 5.88 Å². The van der Waals surface area contributed by atoms with Crippen LogP contribution in [0.2, 0.25) is 0 Å². The largest absolute Gasteiger partial charge is 0.443 e. The first-order valence-electron chi connectivity index (χ1n) is 4.81. The molecule has 0 fully saturated rings. The van der Waals surface area contributed by atoms with E-state index in [1.807, 2.05) is 24.4 Å². The molecule has 3 aromatic rings. The van der Waals surface area contributed by atoms with Crippen molar-refractivity contribution in [3.05, 3.63) is 42.7 Å². The van der Waals surface area contributed by atoms with E-state index in [4.69, 9.17) is 16.0 Å². The summed E-state index contributed by atoms with van der Waals surface area (Å²) in [7, 11) is 0. The van der Waals surface area contributed by atoms with E-state index < -0.39 is 0 Å². The fourth-order valence-electron chi connectivity index (χ4n) is 1.69. The smallest absolute Gasteiger partial charge is 0.181 e. The fraction of sp³-hybridized carbons (Fsp3) is 0.0909. The molecule has 0 unspecified atom stereocenters. The molecule has 80 valence electrons. The Morgan fingerprint density at radius 3 is 3.19 bits per heavy atom. The Kier molecular flexibility index (Phi) is 2.15. The number of alkyl halides is 1. The maximum absolute atomic E-state index is 5.79. The van der Waals surface area contributed by atoms with Crippen LogP contribution in [0.25, 0.3) is 16.8 Å². The standard InChI is InChI=1S/C11H8ClN3O/c12-5-9-11(16-7-13-9)8-6-14-15-4-2-1-3-10(8)15/h1-4,6-7H,5H2. The highest BCUT2D eigenvalue weighted by Gasteiger charge is 2.14. The Hall–Kier alpha value is -1.81. The topological polar surface area (TPSA) is 43.3 Å². The van der Waals surface area contributed by atoms with Crippen molar-refractivity contribution < 1.29 is 4.42 Å². The highest BCUT2D eigenvalue weighted by molar-refractivity contribution is 6.17. The number of rotatable bonds is 2. The van der Waals surface area contributed by atoms with Gasteiger partial charge in [-0.2, -0.15) is 5.10 Å². The minimum atomic E-state index is 0.329. The molecule has 0 aliphatic carbocycles. The molecule has 0 spiro atoms. The van der Waals surface area contributed by atoms with E-state index in [9.17, 15) is 0 Å². The third-order valence-corrected chi connectivity index (χ3v) is 2.69. The second-order valence-corrected chi connectivity index (χ2v) is 3.62. The van der Waals surface area contributed by atoms with Crippen LogP contribution in [0.3, 0.4) is 0 Å². The van der Waals surface area contributed by atoms with E-state index in [2.05, 4.69) is 10.1 Å². The van der Waals surface area contributed by atoms with Crippen molar-refractivity contribution in [1.82, 2.24) is 14.6 Å². The van der Waals surface area contributed by atoms with Crippen molar-refractivity contribution in [2.45, 2.75) is 5.88 Å². The highest BCUT2D eigenvalue weighted by Crippen LogP contribution is 2.27. The molecule has 16 heavy (non-hydrogen) atoms. The summed E-state index contributed by atoms with van der Waals surface area (Å²) in [6, 6.07) is 5.85. The highest BCUT2D eigenvalue weighted by atomic mass is 35.5. The van der Waals surface area contributed by atoms with E-state index in [1.54, 1.807) is 10.7 Å². The van der Waals surface area contributed by atoms with Crippen molar-refractivity contribution >= 4 is 17.1 Å². The maximum Gasteiger partial charge on any atom is 0.181 e. The molecular weight excluding hydrogens is 226 g/mol. The number of oxazole rings is 1. The summed E-state index contributed by atoms with van der Waals surface area (Å²) in [5, 5.41) is 4.24. The molecule has 0 aliphatic rings. The minimum absolute atomic E-state index is 0.329. The first-order chi connectivity index (χ1) is 7.90. The summed E-state index contributed by atoms with van der Waals surface area (Å²) < 4.78 is 7.15. The fourth-order valence-corrected chi connectivity index (χ4v) is 1.88. The van der Waals surface area contributed by atoms with Crippen LogP contribution in [0, 0.1) is 0 Å². The van der Waals surface area contributed by atoms with Gasteiger partial charge < -0.3 is 4.42 Å². The number of hydrogen-bond acceptors (Lipinski definition) is 3. The van der Waals surface area contributed by atoms with E-state index in [0.717, 1.165) is 16.8 Å². The lowest BCUT2D eigenvalue weighted by Crippen LogP contribution is -1.85. The van der Waals surface area contributed by atoms with Crippen molar-refractivity contribution in [3.63, 3.8) is 0 Å². The van der Waals surface area contributed by atoms with Gasteiger partial charge in [-0.15, -0.1) is 11.6 Å². The number of hydrogen-bond donors (Lipinski definition) is 0. The first kappa shape index (κ1) is 9.42. The average Bonchev–Trinajstić information content (AvgIpc) is 2.94. The second-order valence-electron chi connectivity index (χ2n) is 3.35. The molecule has 0 saturated heterocycles. The normalized spacial score (nSPS) is 11.1. The van der Waals surface area contributed by atoms with Gasteiger partial charge in [0.1, 0.15) is 5.69 Å². The number of fused-ring (bicyclic) bond motifs is 1. The van der Waals surface area contributed by atoms with Crippen LogP contribution >= 0.6 is 11.6 Å². The lowest BCUT2D eigenvalue weighted by molar-refractivity contribution is 0.572. The molecule has 0 radical (unpaired) electrons. The molecule has 0 saturated carbocycles. The Labute approximate surface area is 96.5 Å². The number of nitrogens with zero attached hydrogens (tertiary/aromatic N) is 3. The Bertz CT molecular complexity index is 629. The predicted molar refractivity (Wildman–Crippen MR) is 60.2 cm³/mol. The lowest BCUT2D eigenvalue weighted by atomic mass is 10.2. The zero-order valence-electron chi connectivity index (χ0n) is 8.30. The van der Waals surface area contributed by atoms with Gasteiger partial charge in [-0.05, 0) is 12.1 Å². The molecule has 5 heteroatoms. The molecule has 3 rings (SSSR count). The predicted octanol–water partition coefficient (Wildman–Crippen LogP) is 2.73. The van der Waals surface area contributed by atoms with Crippen LogP contribution in [0.1, 0.15) is 5.69 Å². The molecule has 0 N–H and O–H groups in total. The van der Waals surface area contributed by atoms with E-state index in [-0.39, 0.29) is 0 Å². The molecule has 3 aromatic heterocycles. The third-order valence-electron chi connectivity index (χ3n) is 2.44. The third kappa shape index (κ3) is 1.31. The van der Waals surface area contributed by atoms with Gasteiger partial charge in [0.15, 0.2) is 12.2 Å². The molecule has 0 aromatic carbocycles. The number of pyridine rings is 1. The lowest BCUT2D eigenvalue weighted by Gasteiger charge is -1.96. The van der Waals surface area contributed by atoms with Gasteiger partial charge in [0.2, 0.25) is 0 Å². The number of halogens is 1. The summed E-state index contributed by atoms with van der Waals surface area (Å²) >= 11 is 5.79. The zero-order valence-corrected chi connectivity index (χ0v) is 9.05. The quantitative estimate of drug-likeness (QED) is 0.640. The van der Waals surface area contributed by atoms with Crippen LogP contribution in [0.4, 0.5) is 0 Å². The Balaban J connectivity index is 2.26. The average molecular weight is 234 g/mol. The summed E-state index contributed by atoms with van der Waals surface area (Å²) in [5.41, 5.74) is 2.62. The van der Waals surface area contributed by atoms with Crippen molar-refractivity contribution in [1.29, 1.82) is 0 Å². The van der Waals surface area contributed by atoms with Crippen molar-refractivity contribution in [2.24, 2.45) is 0 Å². The molecule has 4 nitrogen and oxygen atoms in total. The Morgan fingerprint density at radius 2 is 2.31 bits per heavy atom. The zero-order chi connectivity index (χ0) is 11.0. The molecule has 3 heterocycles. The molecule has 0 aliphatic heterocycles. The van der Waals surface area contributed by atoms with Crippen LogP contribution < -0.4 is 0 Å². The monoisotopic (exact) mass is 233 g/mol. The van der Waals surface area contributed by atoms with Gasteiger partial charge in [0.05, 0.1) is 23.2 Å². The second kappa shape index (κ2) is 3.64. The van der Waals surface area contributed by atoms with Crippen molar-refractivity contribution in [2.75, 3.05) is 0 Å².